The highest BCUT2D eigenvalue weighted by atomic mass is 35.5. The predicted octanol–water partition coefficient (Wildman–Crippen LogP) is 4.42. The van der Waals surface area contributed by atoms with E-state index in [9.17, 15) is 4.79 Å². The van der Waals surface area contributed by atoms with Crippen LogP contribution in [0.15, 0.2) is 18.2 Å². The van der Waals surface area contributed by atoms with Crippen molar-refractivity contribution in [1.29, 1.82) is 0 Å². The molecule has 0 atom stereocenters. The fourth-order valence-corrected chi connectivity index (χ4v) is 2.58. The molecule has 0 radical (unpaired) electrons. The molecule has 1 aromatic rings. The monoisotopic (exact) mass is 301 g/mol. The fraction of sp³-hybridized carbons (Fsp3) is 0.533. The molecule has 1 aromatic carbocycles. The Labute approximate surface area is 125 Å². The lowest BCUT2D eigenvalue weighted by Crippen LogP contribution is -2.38. The number of alkyl halides is 1. The molecular weight excluding hydrogens is 281 g/mol. The van der Waals surface area contributed by atoms with Crippen LogP contribution in [-0.4, -0.2) is 18.3 Å². The van der Waals surface area contributed by atoms with Gasteiger partial charge in [-0.3, -0.25) is 4.79 Å². The van der Waals surface area contributed by atoms with E-state index in [1.165, 1.54) is 0 Å². The molecule has 0 unspecified atom stereocenters. The second-order valence-electron chi connectivity index (χ2n) is 4.98. The van der Waals surface area contributed by atoms with Crippen LogP contribution in [0.4, 0.5) is 0 Å². The maximum atomic E-state index is 12.2. The Balaban J connectivity index is 2.77. The second kappa shape index (κ2) is 7.16. The summed E-state index contributed by atoms with van der Waals surface area (Å²) in [5.74, 6) is 0.464. The topological polar surface area (TPSA) is 29.1 Å². The average Bonchev–Trinajstić information content (AvgIpc) is 2.43. The van der Waals surface area contributed by atoms with Crippen molar-refractivity contribution >= 4 is 29.1 Å². The van der Waals surface area contributed by atoms with Gasteiger partial charge >= 0.3 is 0 Å². The van der Waals surface area contributed by atoms with Crippen molar-refractivity contribution in [1.82, 2.24) is 5.32 Å². The van der Waals surface area contributed by atoms with Crippen LogP contribution in [0.1, 0.15) is 42.6 Å². The van der Waals surface area contributed by atoms with Crippen LogP contribution < -0.4 is 5.32 Å². The van der Waals surface area contributed by atoms with E-state index in [-0.39, 0.29) is 11.3 Å². The first kappa shape index (κ1) is 16.3. The van der Waals surface area contributed by atoms with E-state index in [1.807, 2.05) is 13.0 Å². The number of hydrogen-bond donors (Lipinski definition) is 1. The van der Waals surface area contributed by atoms with Crippen LogP contribution in [0.3, 0.4) is 0 Å². The van der Waals surface area contributed by atoms with Crippen molar-refractivity contribution in [3.63, 3.8) is 0 Å². The third-order valence-electron chi connectivity index (χ3n) is 3.85. The number of rotatable bonds is 6. The number of carbonyl (C=O) groups excluding carboxylic acids is 1. The molecule has 0 bridgehead atoms. The largest absolute Gasteiger partial charge is 0.351 e. The molecule has 1 N–H and O–H groups in total. The van der Waals surface area contributed by atoms with E-state index in [4.69, 9.17) is 23.2 Å². The molecule has 0 spiro atoms. The molecule has 106 valence electrons. The maximum Gasteiger partial charge on any atom is 0.251 e. The van der Waals surface area contributed by atoms with Gasteiger partial charge in [0.05, 0.1) is 0 Å². The zero-order valence-electron chi connectivity index (χ0n) is 11.7. The van der Waals surface area contributed by atoms with Gasteiger partial charge in [0.1, 0.15) is 0 Å². The van der Waals surface area contributed by atoms with Gasteiger partial charge in [0.2, 0.25) is 0 Å². The molecule has 4 heteroatoms. The minimum absolute atomic E-state index is 0.0241. The Hall–Kier alpha value is -0.730. The number of amides is 1. The van der Waals surface area contributed by atoms with Crippen molar-refractivity contribution in [3.05, 3.63) is 34.3 Å². The first-order chi connectivity index (χ1) is 8.98. The Kier molecular flexibility index (Phi) is 6.15. The van der Waals surface area contributed by atoms with Crippen molar-refractivity contribution in [2.24, 2.45) is 5.41 Å². The number of benzene rings is 1. The van der Waals surface area contributed by atoms with E-state index in [1.54, 1.807) is 12.1 Å². The zero-order valence-corrected chi connectivity index (χ0v) is 13.2. The number of nitrogens with one attached hydrogen (secondary N) is 1. The summed E-state index contributed by atoms with van der Waals surface area (Å²) in [4.78, 5) is 12.2. The minimum Gasteiger partial charge on any atom is -0.351 e. The lowest BCUT2D eigenvalue weighted by atomic mass is 9.84. The summed E-state index contributed by atoms with van der Waals surface area (Å²) in [5, 5.41) is 3.55. The van der Waals surface area contributed by atoms with Crippen molar-refractivity contribution < 1.29 is 4.79 Å². The summed E-state index contributed by atoms with van der Waals surface area (Å²) in [6.07, 6.45) is 1.89. The highest BCUT2D eigenvalue weighted by Crippen LogP contribution is 2.27. The van der Waals surface area contributed by atoms with Crippen LogP contribution in [0.2, 0.25) is 5.02 Å². The van der Waals surface area contributed by atoms with Crippen LogP contribution in [0.5, 0.6) is 0 Å². The molecule has 2 nitrogen and oxygen atoms in total. The third kappa shape index (κ3) is 4.12. The number of hydrogen-bond acceptors (Lipinski definition) is 1. The van der Waals surface area contributed by atoms with Gasteiger partial charge in [0.15, 0.2) is 0 Å². The summed E-state index contributed by atoms with van der Waals surface area (Å²) in [6.45, 7) is 6.69. The molecule has 0 aliphatic rings. The first-order valence-electron chi connectivity index (χ1n) is 6.58. The van der Waals surface area contributed by atoms with Gasteiger partial charge in [-0.1, -0.05) is 31.5 Å². The summed E-state index contributed by atoms with van der Waals surface area (Å²) in [6, 6.07) is 5.34. The predicted molar refractivity (Wildman–Crippen MR) is 82.3 cm³/mol. The second-order valence-corrected chi connectivity index (χ2v) is 5.69. The van der Waals surface area contributed by atoms with Crippen LogP contribution >= 0.6 is 23.2 Å². The summed E-state index contributed by atoms with van der Waals surface area (Å²) in [5.41, 5.74) is 1.53. The fourth-order valence-electron chi connectivity index (χ4n) is 1.94. The van der Waals surface area contributed by atoms with Gasteiger partial charge in [-0.15, -0.1) is 11.6 Å². The molecule has 0 saturated heterocycles. The third-order valence-corrected chi connectivity index (χ3v) is 4.65. The number of aryl methyl sites for hydroxylation is 1. The van der Waals surface area contributed by atoms with E-state index in [0.717, 1.165) is 18.4 Å². The number of halogens is 2. The van der Waals surface area contributed by atoms with Crippen LogP contribution in [0, 0.1) is 12.3 Å². The molecule has 0 aliphatic heterocycles. The summed E-state index contributed by atoms with van der Waals surface area (Å²) < 4.78 is 0. The van der Waals surface area contributed by atoms with Gasteiger partial charge < -0.3 is 5.32 Å². The summed E-state index contributed by atoms with van der Waals surface area (Å²) in [7, 11) is 0. The van der Waals surface area contributed by atoms with E-state index >= 15 is 0 Å². The van der Waals surface area contributed by atoms with Crippen molar-refractivity contribution in [2.45, 2.75) is 33.6 Å². The molecule has 0 fully saturated rings. The van der Waals surface area contributed by atoms with Crippen LogP contribution in [-0.2, 0) is 0 Å². The smallest absolute Gasteiger partial charge is 0.251 e. The molecular formula is C15H21Cl2NO. The Morgan fingerprint density at radius 3 is 2.47 bits per heavy atom. The first-order valence-corrected chi connectivity index (χ1v) is 7.49. The van der Waals surface area contributed by atoms with Gasteiger partial charge in [-0.25, -0.2) is 0 Å². The van der Waals surface area contributed by atoms with Crippen molar-refractivity contribution in [2.75, 3.05) is 12.4 Å². The molecule has 0 heterocycles. The molecule has 0 saturated carbocycles. The molecule has 1 amide bonds. The Morgan fingerprint density at radius 1 is 1.32 bits per heavy atom. The lowest BCUT2D eigenvalue weighted by Gasteiger charge is -2.29. The molecule has 0 aromatic heterocycles. The van der Waals surface area contributed by atoms with E-state index < -0.39 is 0 Å². The zero-order chi connectivity index (χ0) is 14.5. The van der Waals surface area contributed by atoms with Gasteiger partial charge in [0, 0.05) is 28.4 Å². The lowest BCUT2D eigenvalue weighted by molar-refractivity contribution is 0.0931. The van der Waals surface area contributed by atoms with Gasteiger partial charge in [0.25, 0.3) is 5.91 Å². The van der Waals surface area contributed by atoms with Crippen LogP contribution in [0.25, 0.3) is 0 Å². The van der Waals surface area contributed by atoms with E-state index in [0.29, 0.717) is 23.0 Å². The maximum absolute atomic E-state index is 12.2. The highest BCUT2D eigenvalue weighted by Gasteiger charge is 2.26. The highest BCUT2D eigenvalue weighted by molar-refractivity contribution is 6.31. The van der Waals surface area contributed by atoms with Gasteiger partial charge in [-0.05, 0) is 37.5 Å². The molecule has 1 rings (SSSR count). The van der Waals surface area contributed by atoms with Gasteiger partial charge in [-0.2, -0.15) is 0 Å². The Bertz CT molecular complexity index is 434. The number of carbonyl (C=O) groups is 1. The standard InChI is InChI=1S/C15H21Cl2NO/c1-4-15(5-2,9-16)10-18-14(19)13-8-12(17)7-6-11(13)3/h6-8H,4-5,9-10H2,1-3H3,(H,18,19). The Morgan fingerprint density at radius 2 is 1.95 bits per heavy atom. The normalized spacial score (nSPS) is 11.4. The minimum atomic E-state index is -0.0867. The quantitative estimate of drug-likeness (QED) is 0.774. The van der Waals surface area contributed by atoms with E-state index in [2.05, 4.69) is 19.2 Å². The van der Waals surface area contributed by atoms with Crippen molar-refractivity contribution in [3.8, 4) is 0 Å². The summed E-state index contributed by atoms with van der Waals surface area (Å²) >= 11 is 12.0. The average molecular weight is 302 g/mol. The SMILES string of the molecule is CCC(CC)(CCl)CNC(=O)c1cc(Cl)ccc1C. The molecule has 19 heavy (non-hydrogen) atoms. The molecule has 0 aliphatic carbocycles.